The highest BCUT2D eigenvalue weighted by atomic mass is 32.2. The van der Waals surface area contributed by atoms with Crippen molar-refractivity contribution in [3.05, 3.63) is 78.4 Å². The van der Waals surface area contributed by atoms with E-state index in [0.29, 0.717) is 0 Å². The molecule has 2 atom stereocenters. The molecule has 1 saturated heterocycles. The predicted octanol–water partition coefficient (Wildman–Crippen LogP) is 5.91. The second kappa shape index (κ2) is 9.94. The molecule has 40 heavy (non-hydrogen) atoms. The van der Waals surface area contributed by atoms with Gasteiger partial charge < -0.3 is 4.90 Å². The molecule has 2 aliphatic rings. The van der Waals surface area contributed by atoms with Crippen LogP contribution in [0.25, 0.3) is 15.7 Å². The lowest BCUT2D eigenvalue weighted by Crippen LogP contribution is -2.60. The first-order chi connectivity index (χ1) is 19.3. The molecular weight excluding hydrogens is 557 g/mol. The largest absolute Gasteiger partial charge is 0.340 e. The Labute approximate surface area is 245 Å². The van der Waals surface area contributed by atoms with Gasteiger partial charge in [-0.05, 0) is 74.2 Å². The molecule has 7 nitrogen and oxygen atoms in total. The van der Waals surface area contributed by atoms with Gasteiger partial charge in [-0.25, -0.2) is 18.9 Å². The second-order valence-corrected chi connectivity index (χ2v) is 15.8. The van der Waals surface area contributed by atoms with Crippen molar-refractivity contribution < 1.29 is 4.21 Å². The van der Waals surface area contributed by atoms with Crippen LogP contribution in [-0.2, 0) is 23.8 Å². The van der Waals surface area contributed by atoms with E-state index in [0.717, 1.165) is 59.1 Å². The molecule has 2 aromatic carbocycles. The minimum absolute atomic E-state index is 0.0400. The van der Waals surface area contributed by atoms with Crippen LogP contribution < -0.4 is 9.62 Å². The zero-order valence-corrected chi connectivity index (χ0v) is 25.3. The molecule has 206 valence electrons. The maximum atomic E-state index is 13.4. The molecule has 1 aliphatic carbocycles. The van der Waals surface area contributed by atoms with Gasteiger partial charge >= 0.3 is 0 Å². The molecule has 10 heteroatoms. The number of aromatic nitrogens is 4. The highest BCUT2D eigenvalue weighted by molar-refractivity contribution is 8.00. The molecule has 1 aliphatic heterocycles. The van der Waals surface area contributed by atoms with Gasteiger partial charge in [-0.15, -0.1) is 0 Å². The average Bonchev–Trinajstić information content (AvgIpc) is 3.69. The smallest absolute Gasteiger partial charge is 0.211 e. The summed E-state index contributed by atoms with van der Waals surface area (Å²) in [5.74, 6) is 0.881. The molecule has 1 N–H and O–H groups in total. The third-order valence-corrected chi connectivity index (χ3v) is 11.9. The van der Waals surface area contributed by atoms with Gasteiger partial charge in [-0.2, -0.15) is 4.37 Å². The summed E-state index contributed by atoms with van der Waals surface area (Å²) in [5.41, 5.74) is 3.79. The highest BCUT2D eigenvalue weighted by Crippen LogP contribution is 2.46. The summed E-state index contributed by atoms with van der Waals surface area (Å²) >= 11 is 3.20. The third-order valence-electron chi connectivity index (χ3n) is 8.25. The van der Waals surface area contributed by atoms with Crippen molar-refractivity contribution in [2.45, 2.75) is 60.6 Å². The average molecular weight is 589 g/mol. The fraction of sp³-hybridized carbons (Fsp3) is 0.367. The van der Waals surface area contributed by atoms with E-state index in [1.165, 1.54) is 27.4 Å². The van der Waals surface area contributed by atoms with Crippen LogP contribution in [0.15, 0.2) is 77.0 Å². The van der Waals surface area contributed by atoms with Gasteiger partial charge in [0, 0.05) is 54.2 Å². The number of benzene rings is 2. The Kier molecular flexibility index (Phi) is 6.49. The van der Waals surface area contributed by atoms with E-state index >= 15 is 0 Å². The third kappa shape index (κ3) is 4.55. The molecule has 7 rings (SSSR count). The van der Waals surface area contributed by atoms with Crippen LogP contribution in [0.1, 0.15) is 38.3 Å². The maximum Gasteiger partial charge on any atom is 0.211 e. The van der Waals surface area contributed by atoms with E-state index in [4.69, 9.17) is 9.97 Å². The summed E-state index contributed by atoms with van der Waals surface area (Å²) in [7, 11) is -1.17. The second-order valence-electron chi connectivity index (χ2n) is 11.9. The fourth-order valence-electron chi connectivity index (χ4n) is 6.09. The Balaban J connectivity index is 1.21. The minimum Gasteiger partial charge on any atom is -0.340 e. The first kappa shape index (κ1) is 26.1. The molecule has 5 aromatic rings. The van der Waals surface area contributed by atoms with Crippen molar-refractivity contribution in [3.63, 3.8) is 0 Å². The van der Waals surface area contributed by atoms with Gasteiger partial charge in [0.2, 0.25) is 5.95 Å². The molecule has 1 unspecified atom stereocenters. The van der Waals surface area contributed by atoms with Crippen molar-refractivity contribution >= 4 is 56.0 Å². The molecule has 0 bridgehead atoms. The monoisotopic (exact) mass is 588 g/mol. The van der Waals surface area contributed by atoms with Crippen LogP contribution in [0.5, 0.6) is 0 Å². The first-order valence-corrected chi connectivity index (χ1v) is 16.4. The summed E-state index contributed by atoms with van der Waals surface area (Å²) in [4.78, 5) is 14.2. The molecular formula is C30H32N6OS3. The Hall–Kier alpha value is -2.79. The van der Waals surface area contributed by atoms with E-state index in [9.17, 15) is 4.21 Å². The Bertz CT molecular complexity index is 1710. The minimum atomic E-state index is -1.17. The van der Waals surface area contributed by atoms with Gasteiger partial charge in [-0.1, -0.05) is 48.2 Å². The topological polar surface area (TPSA) is 75.4 Å². The lowest BCUT2D eigenvalue weighted by Gasteiger charge is -2.47. The van der Waals surface area contributed by atoms with E-state index in [-0.39, 0.29) is 16.2 Å². The number of hydrogen-bond acceptors (Lipinski definition) is 7. The summed E-state index contributed by atoms with van der Waals surface area (Å²) in [6.45, 7) is 7.73. The zero-order chi connectivity index (χ0) is 27.5. The Morgan fingerprint density at radius 2 is 1.85 bits per heavy atom. The van der Waals surface area contributed by atoms with E-state index < -0.39 is 11.0 Å². The van der Waals surface area contributed by atoms with Crippen LogP contribution >= 0.6 is 23.3 Å². The van der Waals surface area contributed by atoms with Crippen LogP contribution in [0.2, 0.25) is 0 Å². The Morgan fingerprint density at radius 3 is 2.62 bits per heavy atom. The normalized spacial score (nSPS) is 19.5. The van der Waals surface area contributed by atoms with Crippen LogP contribution in [0.4, 0.5) is 5.95 Å². The lowest BCUT2D eigenvalue weighted by molar-refractivity contribution is 0.181. The number of piperidine rings is 1. The van der Waals surface area contributed by atoms with Gasteiger partial charge in [0.15, 0.2) is 5.65 Å². The summed E-state index contributed by atoms with van der Waals surface area (Å²) in [6.07, 6.45) is 10.8. The molecule has 0 amide bonds. The van der Waals surface area contributed by atoms with E-state index in [1.54, 1.807) is 11.8 Å². The van der Waals surface area contributed by atoms with Crippen molar-refractivity contribution in [3.8, 4) is 0 Å². The van der Waals surface area contributed by atoms with Crippen molar-refractivity contribution in [2.75, 3.05) is 18.0 Å². The highest BCUT2D eigenvalue weighted by Gasteiger charge is 2.48. The quantitative estimate of drug-likeness (QED) is 0.275. The number of fused-ring (bicyclic) bond motifs is 3. The van der Waals surface area contributed by atoms with Crippen LogP contribution in [-0.4, -0.2) is 46.8 Å². The summed E-state index contributed by atoms with van der Waals surface area (Å²) in [6, 6.07) is 15.2. The molecule has 4 heterocycles. The van der Waals surface area contributed by atoms with Gasteiger partial charge in [0.1, 0.15) is 0 Å². The van der Waals surface area contributed by atoms with Crippen LogP contribution in [0, 0.1) is 5.41 Å². The zero-order valence-electron chi connectivity index (χ0n) is 22.8. The summed E-state index contributed by atoms with van der Waals surface area (Å²) in [5, 5.41) is 1.15. The van der Waals surface area contributed by atoms with E-state index in [2.05, 4.69) is 60.9 Å². The SMILES string of the molecule is CC(C)(C)[S@](=O)NC1CN(c2ncc(Sc3cccc4cnsc34)c3nccn23)CCC12Cc1ccccc1C2. The molecule has 0 radical (unpaired) electrons. The van der Waals surface area contributed by atoms with Crippen molar-refractivity contribution in [2.24, 2.45) is 5.41 Å². The number of rotatable bonds is 5. The Morgan fingerprint density at radius 1 is 1.05 bits per heavy atom. The van der Waals surface area contributed by atoms with Crippen molar-refractivity contribution in [1.29, 1.82) is 0 Å². The van der Waals surface area contributed by atoms with E-state index in [1.807, 2.05) is 45.6 Å². The number of hydrogen-bond donors (Lipinski definition) is 1. The fourth-order valence-corrected chi connectivity index (χ4v) is 8.86. The molecule has 1 fully saturated rings. The molecule has 0 saturated carbocycles. The molecule has 3 aromatic heterocycles. The standard InChI is InChI=1S/C30H32N6OS3/c1-29(2,3)40(37)34-25-19-35(13-11-30(25)15-20-7-4-5-8-21(20)16-30)28-32-18-24(27-31-12-14-36(27)28)38-23-10-6-9-22-17-33-39-26(22)23/h4-10,12,14,17-18,25,34H,11,13,15-16,19H2,1-3H3/t25?,40-/m0/s1. The van der Waals surface area contributed by atoms with Crippen LogP contribution in [0.3, 0.4) is 0 Å². The number of imidazole rings is 1. The number of anilines is 1. The molecule has 1 spiro atoms. The van der Waals surface area contributed by atoms with Gasteiger partial charge in [0.25, 0.3) is 0 Å². The predicted molar refractivity (Wildman–Crippen MR) is 165 cm³/mol. The van der Waals surface area contributed by atoms with Gasteiger partial charge in [0.05, 0.1) is 25.3 Å². The first-order valence-electron chi connectivity index (χ1n) is 13.6. The van der Waals surface area contributed by atoms with Crippen molar-refractivity contribution in [1.82, 2.24) is 23.5 Å². The maximum absolute atomic E-state index is 13.4. The summed E-state index contributed by atoms with van der Waals surface area (Å²) < 4.78 is 24.3. The lowest BCUT2D eigenvalue weighted by atomic mass is 9.72. The number of nitrogens with zero attached hydrogens (tertiary/aromatic N) is 5. The van der Waals surface area contributed by atoms with Gasteiger partial charge in [-0.3, -0.25) is 4.40 Å². The number of nitrogens with one attached hydrogen (secondary N) is 1.